The summed E-state index contributed by atoms with van der Waals surface area (Å²) in [6.45, 7) is 2.02. The third kappa shape index (κ3) is 2.69. The number of para-hydroxylation sites is 1. The highest BCUT2D eigenvalue weighted by molar-refractivity contribution is 6.07. The molecule has 0 fully saturated rings. The molecular formula is C19H17FN4O. The lowest BCUT2D eigenvalue weighted by Gasteiger charge is -2.35. The molecule has 0 N–H and O–H groups in total. The van der Waals surface area contributed by atoms with E-state index >= 15 is 0 Å². The molecule has 2 aromatic carbocycles. The van der Waals surface area contributed by atoms with Crippen molar-refractivity contribution in [2.24, 2.45) is 0 Å². The van der Waals surface area contributed by atoms with Crippen molar-refractivity contribution >= 4 is 11.6 Å². The van der Waals surface area contributed by atoms with E-state index in [1.165, 1.54) is 23.4 Å². The zero-order chi connectivity index (χ0) is 17.4. The molecule has 5 nitrogen and oxygen atoms in total. The Bertz CT molecular complexity index is 923. The first kappa shape index (κ1) is 15.5. The lowest BCUT2D eigenvalue weighted by molar-refractivity contribution is 0.0975. The average molecular weight is 336 g/mol. The van der Waals surface area contributed by atoms with Crippen LogP contribution < -0.4 is 4.90 Å². The number of hydrogen-bond acceptors (Lipinski definition) is 3. The van der Waals surface area contributed by atoms with Gasteiger partial charge in [-0.25, -0.2) is 14.1 Å². The van der Waals surface area contributed by atoms with Gasteiger partial charge in [-0.3, -0.25) is 4.79 Å². The summed E-state index contributed by atoms with van der Waals surface area (Å²) in [6, 6.07) is 12.4. The molecule has 1 atom stereocenters. The van der Waals surface area contributed by atoms with E-state index in [0.29, 0.717) is 5.56 Å². The Morgan fingerprint density at radius 2 is 2.04 bits per heavy atom. The maximum Gasteiger partial charge on any atom is 0.258 e. The second-order valence-electron chi connectivity index (χ2n) is 6.20. The molecule has 0 saturated heterocycles. The maximum atomic E-state index is 14.5. The van der Waals surface area contributed by atoms with Crippen molar-refractivity contribution in [3.63, 3.8) is 0 Å². The van der Waals surface area contributed by atoms with Crippen molar-refractivity contribution in [1.82, 2.24) is 14.8 Å². The fourth-order valence-corrected chi connectivity index (χ4v) is 3.30. The molecular weight excluding hydrogens is 319 g/mol. The Hall–Kier alpha value is -3.02. The summed E-state index contributed by atoms with van der Waals surface area (Å²) in [4.78, 5) is 18.6. The zero-order valence-corrected chi connectivity index (χ0v) is 13.8. The van der Waals surface area contributed by atoms with Crippen LogP contribution in [0, 0.1) is 5.82 Å². The van der Waals surface area contributed by atoms with Crippen molar-refractivity contribution in [2.75, 3.05) is 4.90 Å². The fraction of sp³-hybridized carbons (Fsp3) is 0.211. The molecule has 25 heavy (non-hydrogen) atoms. The van der Waals surface area contributed by atoms with Gasteiger partial charge in [-0.1, -0.05) is 18.2 Å². The number of aryl methyl sites for hydroxylation is 1. The number of rotatable bonds is 2. The maximum absolute atomic E-state index is 14.5. The van der Waals surface area contributed by atoms with Gasteiger partial charge >= 0.3 is 0 Å². The largest absolute Gasteiger partial charge is 0.305 e. The highest BCUT2D eigenvalue weighted by Gasteiger charge is 2.29. The highest BCUT2D eigenvalue weighted by atomic mass is 19.1. The number of aromatic nitrogens is 3. The predicted octanol–water partition coefficient (Wildman–Crippen LogP) is 3.39. The van der Waals surface area contributed by atoms with Gasteiger partial charge in [0.1, 0.15) is 24.2 Å². The highest BCUT2D eigenvalue weighted by Crippen LogP contribution is 2.32. The second kappa shape index (κ2) is 6.12. The number of amides is 1. The number of nitrogens with zero attached hydrogens (tertiary/aromatic N) is 4. The van der Waals surface area contributed by atoms with Gasteiger partial charge in [-0.15, -0.1) is 0 Å². The minimum atomic E-state index is -0.505. The van der Waals surface area contributed by atoms with Crippen molar-refractivity contribution in [3.8, 4) is 5.69 Å². The molecule has 4 rings (SSSR count). The lowest BCUT2D eigenvalue weighted by Crippen LogP contribution is -2.42. The molecule has 6 heteroatoms. The van der Waals surface area contributed by atoms with Gasteiger partial charge in [-0.2, -0.15) is 5.10 Å². The summed E-state index contributed by atoms with van der Waals surface area (Å²) in [5, 5.41) is 3.92. The topological polar surface area (TPSA) is 51.0 Å². The number of carbonyl (C=O) groups is 1. The van der Waals surface area contributed by atoms with Crippen LogP contribution in [0.2, 0.25) is 0 Å². The first-order valence-electron chi connectivity index (χ1n) is 8.21. The molecule has 0 aliphatic carbocycles. The first-order valence-corrected chi connectivity index (χ1v) is 8.21. The van der Waals surface area contributed by atoms with Crippen LogP contribution in [0.1, 0.15) is 29.3 Å². The van der Waals surface area contributed by atoms with E-state index in [0.717, 1.165) is 24.1 Å². The summed E-state index contributed by atoms with van der Waals surface area (Å²) in [6.07, 6.45) is 4.59. The van der Waals surface area contributed by atoms with Crippen LogP contribution in [-0.2, 0) is 6.42 Å². The molecule has 0 saturated carbocycles. The van der Waals surface area contributed by atoms with E-state index in [2.05, 4.69) is 10.1 Å². The molecule has 0 spiro atoms. The average Bonchev–Trinajstić information content (AvgIpc) is 3.15. The van der Waals surface area contributed by atoms with Gasteiger partial charge in [0.25, 0.3) is 5.91 Å². The zero-order valence-electron chi connectivity index (χ0n) is 13.8. The predicted molar refractivity (Wildman–Crippen MR) is 92.4 cm³/mol. The summed E-state index contributed by atoms with van der Waals surface area (Å²) in [7, 11) is 0. The van der Waals surface area contributed by atoms with Gasteiger partial charge in [-0.05, 0) is 49.6 Å². The molecule has 0 unspecified atom stereocenters. The Morgan fingerprint density at radius 1 is 1.20 bits per heavy atom. The number of hydrogen-bond donors (Lipinski definition) is 0. The SMILES string of the molecule is C[C@H]1CCc2ccccc2N1C(=O)c1ccc(-n2cncn2)c(F)c1. The summed E-state index contributed by atoms with van der Waals surface area (Å²) < 4.78 is 15.8. The summed E-state index contributed by atoms with van der Waals surface area (Å²) >= 11 is 0. The Balaban J connectivity index is 1.71. The molecule has 0 radical (unpaired) electrons. The van der Waals surface area contributed by atoms with E-state index in [1.807, 2.05) is 31.2 Å². The van der Waals surface area contributed by atoms with Gasteiger partial charge in [0.05, 0.1) is 0 Å². The van der Waals surface area contributed by atoms with Crippen LogP contribution in [0.4, 0.5) is 10.1 Å². The molecule has 1 aromatic heterocycles. The van der Waals surface area contributed by atoms with Gasteiger partial charge in [0.2, 0.25) is 0 Å². The smallest absolute Gasteiger partial charge is 0.258 e. The second-order valence-corrected chi connectivity index (χ2v) is 6.20. The van der Waals surface area contributed by atoms with Crippen LogP contribution in [0.3, 0.4) is 0 Å². The number of fused-ring (bicyclic) bond motifs is 1. The van der Waals surface area contributed by atoms with Crippen LogP contribution >= 0.6 is 0 Å². The molecule has 126 valence electrons. The van der Waals surface area contributed by atoms with Crippen molar-refractivity contribution < 1.29 is 9.18 Å². The van der Waals surface area contributed by atoms with Gasteiger partial charge in [0.15, 0.2) is 0 Å². The third-order valence-electron chi connectivity index (χ3n) is 4.60. The molecule has 1 aliphatic rings. The Kier molecular flexibility index (Phi) is 3.80. The summed E-state index contributed by atoms with van der Waals surface area (Å²) in [5.41, 5.74) is 2.65. The molecule has 0 bridgehead atoms. The van der Waals surface area contributed by atoms with Gasteiger partial charge < -0.3 is 4.90 Å². The summed E-state index contributed by atoms with van der Waals surface area (Å²) in [5.74, 6) is -0.696. The Labute approximate surface area is 144 Å². The molecule has 1 amide bonds. The monoisotopic (exact) mass is 336 g/mol. The quantitative estimate of drug-likeness (QED) is 0.721. The van der Waals surface area contributed by atoms with Gasteiger partial charge in [0, 0.05) is 17.3 Å². The number of halogens is 1. The van der Waals surface area contributed by atoms with E-state index in [-0.39, 0.29) is 17.6 Å². The van der Waals surface area contributed by atoms with Crippen LogP contribution in [0.15, 0.2) is 55.1 Å². The number of anilines is 1. The third-order valence-corrected chi connectivity index (χ3v) is 4.60. The minimum Gasteiger partial charge on any atom is -0.305 e. The standard InChI is InChI=1S/C19H17FN4O/c1-13-6-7-14-4-2-3-5-17(14)24(13)19(25)15-8-9-18(16(20)10-15)23-12-21-11-22-23/h2-5,8-13H,6-7H2,1H3/t13-/m0/s1. The van der Waals surface area contributed by atoms with Crippen molar-refractivity contribution in [2.45, 2.75) is 25.8 Å². The van der Waals surface area contributed by atoms with E-state index in [4.69, 9.17) is 0 Å². The molecule has 3 aromatic rings. The van der Waals surface area contributed by atoms with E-state index in [9.17, 15) is 9.18 Å². The normalized spacial score (nSPS) is 16.6. The molecule has 1 aliphatic heterocycles. The van der Waals surface area contributed by atoms with Crippen LogP contribution in [-0.4, -0.2) is 26.7 Å². The van der Waals surface area contributed by atoms with E-state index in [1.54, 1.807) is 17.0 Å². The minimum absolute atomic E-state index is 0.0699. The van der Waals surface area contributed by atoms with Crippen molar-refractivity contribution in [3.05, 3.63) is 72.1 Å². The van der Waals surface area contributed by atoms with Crippen molar-refractivity contribution in [1.29, 1.82) is 0 Å². The Morgan fingerprint density at radius 3 is 2.80 bits per heavy atom. The van der Waals surface area contributed by atoms with E-state index < -0.39 is 5.82 Å². The van der Waals surface area contributed by atoms with Crippen LogP contribution in [0.25, 0.3) is 5.69 Å². The fourth-order valence-electron chi connectivity index (χ4n) is 3.30. The number of carbonyl (C=O) groups excluding carboxylic acids is 1. The number of benzene rings is 2. The lowest BCUT2D eigenvalue weighted by atomic mass is 9.95. The molecule has 2 heterocycles. The first-order chi connectivity index (χ1) is 12.1. The van der Waals surface area contributed by atoms with Crippen LogP contribution in [0.5, 0.6) is 0 Å².